The Bertz CT molecular complexity index is 1050. The fourth-order valence-electron chi connectivity index (χ4n) is 3.16. The monoisotopic (exact) mass is 404 g/mol. The second-order valence-electron chi connectivity index (χ2n) is 7.37. The molecule has 0 spiro atoms. The summed E-state index contributed by atoms with van der Waals surface area (Å²) in [5, 5.41) is 9.15. The lowest BCUT2D eigenvalue weighted by atomic mass is 10.1. The van der Waals surface area contributed by atoms with Crippen molar-refractivity contribution >= 4 is 17.3 Å². The summed E-state index contributed by atoms with van der Waals surface area (Å²) >= 11 is 6.37. The number of nitrogens with zero attached hydrogens (tertiary/aromatic N) is 3. The highest BCUT2D eigenvalue weighted by atomic mass is 35.5. The maximum absolute atomic E-state index is 14.1. The fourth-order valence-corrected chi connectivity index (χ4v) is 3.43. The van der Waals surface area contributed by atoms with Crippen LogP contribution in [0, 0.1) is 11.6 Å². The van der Waals surface area contributed by atoms with Gasteiger partial charge in [-0.1, -0.05) is 11.6 Å². The minimum atomic E-state index is -1.01. The molecule has 2 N–H and O–H groups in total. The predicted molar refractivity (Wildman–Crippen MR) is 103 cm³/mol. The van der Waals surface area contributed by atoms with Gasteiger partial charge in [0.1, 0.15) is 5.82 Å². The maximum atomic E-state index is 14.1. The summed E-state index contributed by atoms with van der Waals surface area (Å²) in [5.41, 5.74) is 6.05. The molecular weight excluding hydrogens is 386 g/mol. The molecule has 1 heterocycles. The van der Waals surface area contributed by atoms with Crippen LogP contribution in [0.25, 0.3) is 11.4 Å². The summed E-state index contributed by atoms with van der Waals surface area (Å²) in [5.74, 6) is -0.333. The molecule has 0 amide bonds. The zero-order valence-corrected chi connectivity index (χ0v) is 16.2. The van der Waals surface area contributed by atoms with E-state index in [9.17, 15) is 8.78 Å². The Kier molecular flexibility index (Phi) is 4.50. The molecule has 0 saturated heterocycles. The van der Waals surface area contributed by atoms with E-state index in [1.165, 1.54) is 6.07 Å². The maximum Gasteiger partial charge on any atom is 0.177 e. The summed E-state index contributed by atoms with van der Waals surface area (Å²) in [4.78, 5) is 0. The first-order chi connectivity index (χ1) is 13.3. The lowest BCUT2D eigenvalue weighted by molar-refractivity contribution is 0.0880. The molecule has 0 atom stereocenters. The van der Waals surface area contributed by atoms with E-state index in [0.717, 1.165) is 25.0 Å². The molecule has 1 aromatic heterocycles. The summed E-state index contributed by atoms with van der Waals surface area (Å²) in [6, 6.07) is 8.64. The van der Waals surface area contributed by atoms with Crippen LogP contribution in [-0.2, 0) is 5.60 Å². The minimum absolute atomic E-state index is 0.0520. The Morgan fingerprint density at radius 1 is 1.14 bits per heavy atom. The predicted octanol–water partition coefficient (Wildman–Crippen LogP) is 5.11. The molecule has 1 aliphatic rings. The van der Waals surface area contributed by atoms with Crippen LogP contribution >= 0.6 is 11.6 Å². The summed E-state index contributed by atoms with van der Waals surface area (Å²) in [6.07, 6.45) is 1.96. The van der Waals surface area contributed by atoms with Crippen molar-refractivity contribution in [3.05, 3.63) is 58.9 Å². The second-order valence-corrected chi connectivity index (χ2v) is 7.78. The van der Waals surface area contributed by atoms with Gasteiger partial charge < -0.3 is 15.0 Å². The van der Waals surface area contributed by atoms with Gasteiger partial charge in [0.05, 0.1) is 5.02 Å². The SMILES string of the molecule is CC(C)(Oc1ccc(F)cc1F)c1nnc(-c2ccc(N)cc2Cl)n1C1CC1. The van der Waals surface area contributed by atoms with Gasteiger partial charge in [-0.15, -0.1) is 10.2 Å². The first kappa shape index (κ1) is 18.7. The van der Waals surface area contributed by atoms with Gasteiger partial charge in [0, 0.05) is 23.4 Å². The summed E-state index contributed by atoms with van der Waals surface area (Å²) < 4.78 is 35.1. The lowest BCUT2D eigenvalue weighted by Crippen LogP contribution is -2.30. The molecule has 1 fully saturated rings. The zero-order valence-electron chi connectivity index (χ0n) is 15.4. The molecule has 0 unspecified atom stereocenters. The number of hydrogen-bond donors (Lipinski definition) is 1. The number of rotatable bonds is 5. The molecular formula is C20H19ClF2N4O. The highest BCUT2D eigenvalue weighted by Gasteiger charge is 2.38. The van der Waals surface area contributed by atoms with E-state index in [2.05, 4.69) is 10.2 Å². The number of benzene rings is 2. The van der Waals surface area contributed by atoms with Crippen LogP contribution in [0.15, 0.2) is 36.4 Å². The molecule has 0 radical (unpaired) electrons. The van der Waals surface area contributed by atoms with Crippen LogP contribution in [0.4, 0.5) is 14.5 Å². The molecule has 0 bridgehead atoms. The highest BCUT2D eigenvalue weighted by molar-refractivity contribution is 6.33. The van der Waals surface area contributed by atoms with Crippen molar-refractivity contribution in [2.24, 2.45) is 0 Å². The third-order valence-corrected chi connectivity index (χ3v) is 4.95. The van der Waals surface area contributed by atoms with E-state index in [4.69, 9.17) is 22.1 Å². The van der Waals surface area contributed by atoms with E-state index < -0.39 is 17.2 Å². The van der Waals surface area contributed by atoms with E-state index in [-0.39, 0.29) is 11.8 Å². The van der Waals surface area contributed by atoms with Gasteiger partial charge in [0.2, 0.25) is 0 Å². The molecule has 146 valence electrons. The number of ether oxygens (including phenoxy) is 1. The normalized spacial score (nSPS) is 14.3. The fraction of sp³-hybridized carbons (Fsp3) is 0.300. The molecule has 1 saturated carbocycles. The molecule has 5 nitrogen and oxygen atoms in total. The average Bonchev–Trinajstić information content (AvgIpc) is 3.36. The average molecular weight is 405 g/mol. The van der Waals surface area contributed by atoms with Gasteiger partial charge >= 0.3 is 0 Å². The van der Waals surface area contributed by atoms with Crippen molar-refractivity contribution in [1.29, 1.82) is 0 Å². The Balaban J connectivity index is 1.76. The van der Waals surface area contributed by atoms with Gasteiger partial charge in [0.15, 0.2) is 28.8 Å². The van der Waals surface area contributed by atoms with E-state index in [1.54, 1.807) is 32.0 Å². The third kappa shape index (κ3) is 3.42. The Morgan fingerprint density at radius 2 is 1.89 bits per heavy atom. The van der Waals surface area contributed by atoms with Crippen molar-refractivity contribution in [1.82, 2.24) is 14.8 Å². The third-order valence-electron chi connectivity index (χ3n) is 4.64. The summed E-state index contributed by atoms with van der Waals surface area (Å²) in [7, 11) is 0. The van der Waals surface area contributed by atoms with Crippen LogP contribution in [0.1, 0.15) is 38.6 Å². The number of halogens is 3. The van der Waals surface area contributed by atoms with E-state index in [0.29, 0.717) is 27.9 Å². The lowest BCUT2D eigenvalue weighted by Gasteiger charge is -2.27. The molecule has 2 aromatic carbocycles. The van der Waals surface area contributed by atoms with Crippen molar-refractivity contribution in [2.75, 3.05) is 5.73 Å². The summed E-state index contributed by atoms with van der Waals surface area (Å²) in [6.45, 7) is 3.54. The van der Waals surface area contributed by atoms with Crippen LogP contribution in [0.2, 0.25) is 5.02 Å². The molecule has 3 aromatic rings. The molecule has 8 heteroatoms. The number of hydrogen-bond acceptors (Lipinski definition) is 4. The highest BCUT2D eigenvalue weighted by Crippen LogP contribution is 2.43. The molecule has 28 heavy (non-hydrogen) atoms. The van der Waals surface area contributed by atoms with E-state index >= 15 is 0 Å². The Labute approximate surface area is 166 Å². The van der Waals surface area contributed by atoms with Gasteiger partial charge in [-0.25, -0.2) is 8.78 Å². The minimum Gasteiger partial charge on any atom is -0.477 e. The first-order valence-electron chi connectivity index (χ1n) is 8.91. The van der Waals surface area contributed by atoms with Crippen molar-refractivity contribution < 1.29 is 13.5 Å². The number of aromatic nitrogens is 3. The van der Waals surface area contributed by atoms with Crippen molar-refractivity contribution in [2.45, 2.75) is 38.3 Å². The van der Waals surface area contributed by atoms with Crippen molar-refractivity contribution in [3.8, 4) is 17.1 Å². The number of nitrogens with two attached hydrogens (primary N) is 1. The second kappa shape index (κ2) is 6.74. The van der Waals surface area contributed by atoms with Crippen LogP contribution in [0.3, 0.4) is 0 Å². The molecule has 1 aliphatic carbocycles. The quantitative estimate of drug-likeness (QED) is 0.600. The van der Waals surface area contributed by atoms with Gasteiger partial charge in [-0.3, -0.25) is 0 Å². The van der Waals surface area contributed by atoms with Crippen LogP contribution in [-0.4, -0.2) is 14.8 Å². The van der Waals surface area contributed by atoms with Gasteiger partial charge in [0.25, 0.3) is 0 Å². The van der Waals surface area contributed by atoms with Gasteiger partial charge in [-0.2, -0.15) is 0 Å². The zero-order chi connectivity index (χ0) is 20.1. The standard InChI is InChI=1S/C20H19ClF2N4O/c1-20(2,28-17-8-3-11(22)9-16(17)23)19-26-25-18(27(19)13-5-6-13)14-7-4-12(24)10-15(14)21/h3-4,7-10,13H,5-6,24H2,1-2H3. The number of anilines is 1. The van der Waals surface area contributed by atoms with Crippen molar-refractivity contribution in [3.63, 3.8) is 0 Å². The largest absolute Gasteiger partial charge is 0.477 e. The number of nitrogen functional groups attached to an aromatic ring is 1. The van der Waals surface area contributed by atoms with Gasteiger partial charge in [-0.05, 0) is 57.0 Å². The Hall–Kier alpha value is -2.67. The first-order valence-corrected chi connectivity index (χ1v) is 9.29. The van der Waals surface area contributed by atoms with Crippen LogP contribution < -0.4 is 10.5 Å². The van der Waals surface area contributed by atoms with Crippen LogP contribution in [0.5, 0.6) is 5.75 Å². The molecule has 4 rings (SSSR count). The smallest absolute Gasteiger partial charge is 0.177 e. The Morgan fingerprint density at radius 3 is 2.54 bits per heavy atom. The molecule has 0 aliphatic heterocycles. The van der Waals surface area contributed by atoms with E-state index in [1.807, 2.05) is 4.57 Å². The topological polar surface area (TPSA) is 66.0 Å².